The van der Waals surface area contributed by atoms with Crippen molar-refractivity contribution in [3.05, 3.63) is 59.0 Å². The fourth-order valence-corrected chi connectivity index (χ4v) is 8.88. The number of carbonyl (C=O) groups is 3. The maximum atomic E-state index is 14.3. The van der Waals surface area contributed by atoms with Gasteiger partial charge in [0.2, 0.25) is 0 Å². The van der Waals surface area contributed by atoms with Gasteiger partial charge in [0.1, 0.15) is 18.3 Å². The number of fused-ring (bicyclic) bond motifs is 2. The van der Waals surface area contributed by atoms with Gasteiger partial charge in [-0.3, -0.25) is 4.79 Å². The summed E-state index contributed by atoms with van der Waals surface area (Å²) < 4.78 is 27.6. The van der Waals surface area contributed by atoms with E-state index in [0.29, 0.717) is 81.5 Å². The van der Waals surface area contributed by atoms with Crippen molar-refractivity contribution in [1.82, 2.24) is 29.4 Å². The lowest BCUT2D eigenvalue weighted by Crippen LogP contribution is -2.53. The SMILES string of the molecule is Cc1cc(C[C@@H](OC(=O)N2CCC(N3Cc4ccc(F)cc4NC3=O)CC2)C(=O)N2CCC(N3CCCCC3)CC2)cc2cn(COCC[S+](C)C)nc12. The molecule has 54 heavy (non-hydrogen) atoms. The number of halogens is 1. The molecule has 1 aromatic heterocycles. The summed E-state index contributed by atoms with van der Waals surface area (Å²) in [6.07, 6.45) is 11.9. The van der Waals surface area contributed by atoms with Gasteiger partial charge in [-0.1, -0.05) is 18.6 Å². The van der Waals surface area contributed by atoms with Crippen LogP contribution >= 0.6 is 0 Å². The van der Waals surface area contributed by atoms with Crippen LogP contribution in [0, 0.1) is 12.7 Å². The van der Waals surface area contributed by atoms with E-state index >= 15 is 0 Å². The number of ether oxygens (including phenoxy) is 2. The minimum absolute atomic E-state index is 0.0810. The van der Waals surface area contributed by atoms with Crippen LogP contribution < -0.4 is 5.32 Å². The smallest absolute Gasteiger partial charge is 0.410 e. The Balaban J connectivity index is 1.02. The van der Waals surface area contributed by atoms with Gasteiger partial charge < -0.3 is 34.4 Å². The summed E-state index contributed by atoms with van der Waals surface area (Å²) in [6, 6.07) is 8.67. The van der Waals surface area contributed by atoms with Crippen molar-refractivity contribution in [3.8, 4) is 0 Å². The number of aromatic nitrogens is 2. The molecule has 0 unspecified atom stereocenters. The molecule has 2 aromatic carbocycles. The summed E-state index contributed by atoms with van der Waals surface area (Å²) >= 11 is 0. The number of nitrogens with one attached hydrogen (secondary N) is 1. The van der Waals surface area contributed by atoms with E-state index in [1.165, 1.54) is 31.4 Å². The molecule has 12 nitrogen and oxygen atoms in total. The highest BCUT2D eigenvalue weighted by atomic mass is 32.2. The van der Waals surface area contributed by atoms with Gasteiger partial charge in [0, 0.05) is 62.8 Å². The molecule has 1 atom stereocenters. The van der Waals surface area contributed by atoms with Crippen LogP contribution in [0.1, 0.15) is 61.6 Å². The molecule has 4 aliphatic heterocycles. The van der Waals surface area contributed by atoms with Gasteiger partial charge >= 0.3 is 12.1 Å². The van der Waals surface area contributed by atoms with Crippen LogP contribution in [0.2, 0.25) is 0 Å². The van der Waals surface area contributed by atoms with Crippen molar-refractivity contribution >= 4 is 45.5 Å². The third-order valence-corrected chi connectivity index (χ3v) is 12.5. The third kappa shape index (κ3) is 9.14. The number of aryl methyl sites for hydroxylation is 1. The molecular formula is C40H55FN7O5S+. The van der Waals surface area contributed by atoms with Gasteiger partial charge in [0.05, 0.1) is 30.3 Å². The number of hydrogen-bond acceptors (Lipinski definition) is 7. The van der Waals surface area contributed by atoms with E-state index in [9.17, 15) is 18.8 Å². The Kier molecular flexibility index (Phi) is 12.3. The number of anilines is 1. The number of nitrogens with zero attached hydrogens (tertiary/aromatic N) is 6. The van der Waals surface area contributed by atoms with E-state index in [4.69, 9.17) is 14.6 Å². The first-order chi connectivity index (χ1) is 26.1. The third-order valence-electron chi connectivity index (χ3n) is 11.5. The highest BCUT2D eigenvalue weighted by Crippen LogP contribution is 2.29. The Hall–Kier alpha value is -3.88. The van der Waals surface area contributed by atoms with Crippen molar-refractivity contribution in [2.75, 3.05) is 69.5 Å². The lowest BCUT2D eigenvalue weighted by Gasteiger charge is -2.41. The van der Waals surface area contributed by atoms with E-state index in [2.05, 4.69) is 22.7 Å². The maximum absolute atomic E-state index is 14.3. The number of hydrogen-bond donors (Lipinski definition) is 1. The number of likely N-dealkylation sites (tertiary alicyclic amines) is 3. The van der Waals surface area contributed by atoms with Gasteiger partial charge in [0.25, 0.3) is 5.91 Å². The average molecular weight is 765 g/mol. The number of rotatable bonds is 11. The standard InChI is InChI=1S/C40H54FN7O5S/c1-28-21-29(22-31-25-47(43-37(28)31)27-52-19-20-54(2)3)23-36(38(49)45-15-9-33(10-16-45)44-13-5-4-6-14-44)53-40(51)46-17-11-34(12-18-46)48-26-30-7-8-32(41)24-35(30)42-39(48)50/h7-8,21-22,24-25,33-34,36H,4-6,9-20,23,26-27H2,1-3H3/p+1/t36-/m1/s1. The molecule has 292 valence electrons. The van der Waals surface area contributed by atoms with Crippen molar-refractivity contribution < 1.29 is 28.2 Å². The molecular weight excluding hydrogens is 710 g/mol. The first-order valence-electron chi connectivity index (χ1n) is 19.5. The van der Waals surface area contributed by atoms with Crippen LogP contribution in [0.15, 0.2) is 36.5 Å². The Morgan fingerprint density at radius 2 is 1.69 bits per heavy atom. The molecule has 3 aromatic rings. The second-order valence-electron chi connectivity index (χ2n) is 15.6. The van der Waals surface area contributed by atoms with Crippen molar-refractivity contribution in [2.45, 2.75) is 89.8 Å². The molecule has 3 saturated heterocycles. The van der Waals surface area contributed by atoms with Gasteiger partial charge in [-0.05, 0) is 104 Å². The molecule has 7 rings (SSSR count). The van der Waals surface area contributed by atoms with Crippen molar-refractivity contribution in [1.29, 1.82) is 0 Å². The zero-order valence-electron chi connectivity index (χ0n) is 31.9. The first kappa shape index (κ1) is 38.4. The van der Waals surface area contributed by atoms with E-state index < -0.39 is 18.0 Å². The van der Waals surface area contributed by atoms with Gasteiger partial charge in [0.15, 0.2) is 6.10 Å². The maximum Gasteiger partial charge on any atom is 0.410 e. The second kappa shape index (κ2) is 17.3. The van der Waals surface area contributed by atoms with Crippen LogP contribution in [0.5, 0.6) is 0 Å². The normalized spacial score (nSPS) is 19.6. The summed E-state index contributed by atoms with van der Waals surface area (Å²) in [6.45, 7) is 7.82. The molecule has 4 amide bonds. The Morgan fingerprint density at radius 3 is 2.43 bits per heavy atom. The van der Waals surface area contributed by atoms with Gasteiger partial charge in [-0.15, -0.1) is 0 Å². The summed E-state index contributed by atoms with van der Waals surface area (Å²) in [5, 5.41) is 8.52. The zero-order chi connectivity index (χ0) is 37.8. The van der Waals surface area contributed by atoms with Crippen LogP contribution in [-0.4, -0.2) is 130 Å². The molecule has 0 saturated carbocycles. The largest absolute Gasteiger partial charge is 0.436 e. The number of urea groups is 1. The van der Waals surface area contributed by atoms with Crippen LogP contribution in [0.3, 0.4) is 0 Å². The van der Waals surface area contributed by atoms with Crippen LogP contribution in [0.25, 0.3) is 10.9 Å². The fraction of sp³-hybridized carbons (Fsp3) is 0.600. The highest BCUT2D eigenvalue weighted by Gasteiger charge is 2.37. The molecule has 4 aliphatic rings. The fourth-order valence-electron chi connectivity index (χ4n) is 8.43. The Labute approximate surface area is 320 Å². The summed E-state index contributed by atoms with van der Waals surface area (Å²) in [5.74, 6) is 0.473. The summed E-state index contributed by atoms with van der Waals surface area (Å²) in [7, 11) is 0.319. The van der Waals surface area contributed by atoms with Gasteiger partial charge in [-0.25, -0.2) is 18.7 Å². The quantitative estimate of drug-likeness (QED) is 0.207. The molecule has 14 heteroatoms. The number of amides is 4. The lowest BCUT2D eigenvalue weighted by atomic mass is 9.98. The summed E-state index contributed by atoms with van der Waals surface area (Å²) in [4.78, 5) is 48.9. The van der Waals surface area contributed by atoms with Crippen LogP contribution in [0.4, 0.5) is 19.7 Å². The first-order valence-corrected chi connectivity index (χ1v) is 21.8. The van der Waals surface area contributed by atoms with Crippen LogP contribution in [-0.2, 0) is 44.9 Å². The topological polar surface area (TPSA) is 112 Å². The van der Waals surface area contributed by atoms with Gasteiger partial charge in [-0.2, -0.15) is 5.10 Å². The van der Waals surface area contributed by atoms with E-state index in [-0.39, 0.29) is 24.4 Å². The van der Waals surface area contributed by atoms with E-state index in [1.807, 2.05) is 34.8 Å². The molecule has 1 N–H and O–H groups in total. The van der Waals surface area contributed by atoms with Crippen molar-refractivity contribution in [3.63, 3.8) is 0 Å². The predicted molar refractivity (Wildman–Crippen MR) is 209 cm³/mol. The molecule has 0 aliphatic carbocycles. The molecule has 5 heterocycles. The van der Waals surface area contributed by atoms with E-state index in [1.54, 1.807) is 15.9 Å². The minimum Gasteiger partial charge on any atom is -0.436 e. The molecule has 0 bridgehead atoms. The lowest BCUT2D eigenvalue weighted by molar-refractivity contribution is -0.142. The average Bonchev–Trinajstić information content (AvgIpc) is 3.59. The molecule has 3 fully saturated rings. The summed E-state index contributed by atoms with van der Waals surface area (Å²) in [5.41, 5.74) is 4.13. The Bertz CT molecular complexity index is 1800. The van der Waals surface area contributed by atoms with Crippen molar-refractivity contribution in [2.24, 2.45) is 0 Å². The number of carbonyl (C=O) groups excluding carboxylic acids is 3. The monoisotopic (exact) mass is 764 g/mol. The highest BCUT2D eigenvalue weighted by molar-refractivity contribution is 7.95. The molecule has 0 spiro atoms. The number of benzene rings is 2. The van der Waals surface area contributed by atoms with E-state index in [0.717, 1.165) is 59.3 Å². The minimum atomic E-state index is -0.973. The zero-order valence-corrected chi connectivity index (χ0v) is 32.8. The Morgan fingerprint density at radius 1 is 0.963 bits per heavy atom. The molecule has 0 radical (unpaired) electrons. The second-order valence-corrected chi connectivity index (χ2v) is 17.9. The predicted octanol–water partition coefficient (Wildman–Crippen LogP) is 5.37. The number of piperidine rings is 3.